The van der Waals surface area contributed by atoms with Crippen LogP contribution in [-0.2, 0) is 4.74 Å². The molecule has 0 N–H and O–H groups in total. The number of benzene rings is 3. The highest BCUT2D eigenvalue weighted by Crippen LogP contribution is 2.41. The van der Waals surface area contributed by atoms with E-state index in [0.717, 1.165) is 5.56 Å². The molecule has 0 spiro atoms. The van der Waals surface area contributed by atoms with Gasteiger partial charge >= 0.3 is 5.97 Å². The molecule has 1 aliphatic rings. The zero-order chi connectivity index (χ0) is 25.6. The van der Waals surface area contributed by atoms with Crippen LogP contribution in [0.2, 0.25) is 0 Å². The van der Waals surface area contributed by atoms with Gasteiger partial charge in [-0.05, 0) is 67.9 Å². The Labute approximate surface area is 204 Å². The zero-order valence-corrected chi connectivity index (χ0v) is 19.4. The number of rotatable bonds is 5. The third-order valence-corrected chi connectivity index (χ3v) is 6.10. The lowest BCUT2D eigenvalue weighted by Crippen LogP contribution is -2.29. The number of carbonyl (C=O) groups excluding carboxylic acids is 2. The van der Waals surface area contributed by atoms with Crippen LogP contribution in [0.5, 0.6) is 0 Å². The Hall–Kier alpha value is -4.79. The smallest absolute Gasteiger partial charge is 0.338 e. The van der Waals surface area contributed by atoms with Gasteiger partial charge in [-0.15, -0.1) is 0 Å². The van der Waals surface area contributed by atoms with Crippen LogP contribution in [0, 0.1) is 17.0 Å². The Morgan fingerprint density at radius 3 is 2.39 bits per heavy atom. The largest absolute Gasteiger partial charge is 0.462 e. The number of non-ortho nitro benzene ring substituents is 1. The highest BCUT2D eigenvalue weighted by Gasteiger charge is 2.43. The molecule has 1 atom stereocenters. The Kier molecular flexibility index (Phi) is 5.60. The molecule has 1 aromatic heterocycles. The quantitative estimate of drug-likeness (QED) is 0.224. The molecule has 180 valence electrons. The van der Waals surface area contributed by atoms with Crippen molar-refractivity contribution in [1.29, 1.82) is 0 Å². The van der Waals surface area contributed by atoms with Crippen molar-refractivity contribution in [1.82, 2.24) is 0 Å². The van der Waals surface area contributed by atoms with Gasteiger partial charge in [-0.1, -0.05) is 11.6 Å². The Morgan fingerprint density at radius 1 is 1.06 bits per heavy atom. The lowest BCUT2D eigenvalue weighted by molar-refractivity contribution is -0.384. The number of carbonyl (C=O) groups is 2. The maximum atomic E-state index is 13.7. The van der Waals surface area contributed by atoms with Crippen LogP contribution in [0.3, 0.4) is 0 Å². The summed E-state index contributed by atoms with van der Waals surface area (Å²) in [5, 5.41) is 11.5. The highest BCUT2D eigenvalue weighted by molar-refractivity contribution is 6.10. The van der Waals surface area contributed by atoms with Crippen molar-refractivity contribution in [3.63, 3.8) is 0 Å². The number of nitrogens with zero attached hydrogens (tertiary/aromatic N) is 2. The van der Waals surface area contributed by atoms with Gasteiger partial charge in [0, 0.05) is 17.8 Å². The van der Waals surface area contributed by atoms with E-state index < -0.39 is 22.8 Å². The SMILES string of the molecule is CCOC(=O)c1ccc(N2C(=O)c3oc4ccc(C)cc4c(=O)c3C2c2ccc([N+](=O)[O-])cc2)cc1. The predicted octanol–water partition coefficient (Wildman–Crippen LogP) is 4.94. The molecule has 9 heteroatoms. The van der Waals surface area contributed by atoms with Gasteiger partial charge < -0.3 is 9.15 Å². The number of anilines is 1. The summed E-state index contributed by atoms with van der Waals surface area (Å²) in [5.74, 6) is -1.11. The summed E-state index contributed by atoms with van der Waals surface area (Å²) >= 11 is 0. The Bertz CT molecular complexity index is 1590. The van der Waals surface area contributed by atoms with Gasteiger partial charge in [0.25, 0.3) is 11.6 Å². The summed E-state index contributed by atoms with van der Waals surface area (Å²) in [6.45, 7) is 3.78. The average molecular weight is 484 g/mol. The molecular weight excluding hydrogens is 464 g/mol. The molecule has 1 aliphatic heterocycles. The number of ether oxygens (including phenoxy) is 1. The standard InChI is InChI=1S/C27H20N2O7/c1-3-35-27(32)17-7-9-18(10-8-17)28-23(16-5-11-19(12-6-16)29(33)34)22-24(30)20-14-15(2)4-13-21(20)36-25(22)26(28)31/h4-14,23H,3H2,1-2H3. The van der Waals surface area contributed by atoms with Crippen molar-refractivity contribution in [2.24, 2.45) is 0 Å². The normalized spacial score (nSPS) is 14.7. The number of nitro benzene ring substituents is 1. The maximum absolute atomic E-state index is 13.7. The second-order valence-corrected chi connectivity index (χ2v) is 8.37. The van der Waals surface area contributed by atoms with Gasteiger partial charge in [0.1, 0.15) is 5.58 Å². The van der Waals surface area contributed by atoms with Crippen molar-refractivity contribution < 1.29 is 23.7 Å². The number of esters is 1. The number of aryl methyl sites for hydroxylation is 1. The van der Waals surface area contributed by atoms with Crippen molar-refractivity contribution in [2.45, 2.75) is 19.9 Å². The molecule has 0 aliphatic carbocycles. The van der Waals surface area contributed by atoms with E-state index in [4.69, 9.17) is 9.15 Å². The number of nitro groups is 1. The molecule has 4 aromatic rings. The van der Waals surface area contributed by atoms with Crippen LogP contribution in [-0.4, -0.2) is 23.4 Å². The summed E-state index contributed by atoms with van der Waals surface area (Å²) in [5.41, 5.74) is 2.07. The van der Waals surface area contributed by atoms with Gasteiger partial charge in [0.15, 0.2) is 5.43 Å². The molecule has 0 saturated carbocycles. The van der Waals surface area contributed by atoms with E-state index >= 15 is 0 Å². The average Bonchev–Trinajstić information content (AvgIpc) is 3.17. The monoisotopic (exact) mass is 484 g/mol. The second-order valence-electron chi connectivity index (χ2n) is 8.37. The molecular formula is C27H20N2O7. The van der Waals surface area contributed by atoms with Crippen LogP contribution in [0.15, 0.2) is 75.9 Å². The molecule has 5 rings (SSSR count). The minimum absolute atomic E-state index is 0.0887. The van der Waals surface area contributed by atoms with E-state index in [1.165, 1.54) is 41.3 Å². The first-order valence-electron chi connectivity index (χ1n) is 11.2. The van der Waals surface area contributed by atoms with Crippen LogP contribution in [0.1, 0.15) is 50.6 Å². The van der Waals surface area contributed by atoms with Crippen LogP contribution >= 0.6 is 0 Å². The lowest BCUT2D eigenvalue weighted by Gasteiger charge is -2.25. The summed E-state index contributed by atoms with van der Waals surface area (Å²) in [7, 11) is 0. The van der Waals surface area contributed by atoms with E-state index in [-0.39, 0.29) is 29.0 Å². The zero-order valence-electron chi connectivity index (χ0n) is 19.4. The van der Waals surface area contributed by atoms with Gasteiger partial charge in [-0.2, -0.15) is 0 Å². The van der Waals surface area contributed by atoms with E-state index in [0.29, 0.717) is 27.8 Å². The molecule has 0 fully saturated rings. The first kappa shape index (κ1) is 23.0. The Morgan fingerprint density at radius 2 is 1.75 bits per heavy atom. The van der Waals surface area contributed by atoms with Gasteiger partial charge in [0.2, 0.25) is 5.76 Å². The molecule has 1 unspecified atom stereocenters. The minimum Gasteiger partial charge on any atom is -0.462 e. The summed E-state index contributed by atoms with van der Waals surface area (Å²) in [4.78, 5) is 51.4. The molecule has 0 radical (unpaired) electrons. The summed E-state index contributed by atoms with van der Waals surface area (Å²) in [6, 6.07) is 16.2. The fourth-order valence-corrected chi connectivity index (χ4v) is 4.42. The van der Waals surface area contributed by atoms with Gasteiger partial charge in [-0.25, -0.2) is 4.79 Å². The van der Waals surface area contributed by atoms with Crippen LogP contribution in [0.4, 0.5) is 11.4 Å². The van der Waals surface area contributed by atoms with Crippen molar-refractivity contribution >= 4 is 34.2 Å². The fraction of sp³-hybridized carbons (Fsp3) is 0.148. The number of hydrogen-bond donors (Lipinski definition) is 0. The van der Waals surface area contributed by atoms with Crippen LogP contribution < -0.4 is 10.3 Å². The third kappa shape index (κ3) is 3.70. The molecule has 9 nitrogen and oxygen atoms in total. The highest BCUT2D eigenvalue weighted by atomic mass is 16.6. The molecule has 36 heavy (non-hydrogen) atoms. The van der Waals surface area contributed by atoms with E-state index in [1.807, 2.05) is 6.92 Å². The minimum atomic E-state index is -0.886. The number of fused-ring (bicyclic) bond motifs is 2. The third-order valence-electron chi connectivity index (χ3n) is 6.10. The van der Waals surface area contributed by atoms with E-state index in [2.05, 4.69) is 0 Å². The number of amides is 1. The summed E-state index contributed by atoms with van der Waals surface area (Å²) < 4.78 is 11.0. The molecule has 3 aromatic carbocycles. The molecule has 0 saturated heterocycles. The first-order valence-corrected chi connectivity index (χ1v) is 11.2. The number of hydrogen-bond acceptors (Lipinski definition) is 7. The molecule has 0 bridgehead atoms. The van der Waals surface area contributed by atoms with E-state index in [1.54, 1.807) is 37.3 Å². The fourth-order valence-electron chi connectivity index (χ4n) is 4.42. The van der Waals surface area contributed by atoms with E-state index in [9.17, 15) is 24.5 Å². The Balaban J connectivity index is 1.70. The second kappa shape index (κ2) is 8.77. The first-order chi connectivity index (χ1) is 17.3. The van der Waals surface area contributed by atoms with Crippen molar-refractivity contribution in [2.75, 3.05) is 11.5 Å². The topological polar surface area (TPSA) is 120 Å². The lowest BCUT2D eigenvalue weighted by atomic mass is 9.97. The van der Waals surface area contributed by atoms with Gasteiger partial charge in [-0.3, -0.25) is 24.6 Å². The van der Waals surface area contributed by atoms with Crippen molar-refractivity contribution in [3.05, 3.63) is 115 Å². The van der Waals surface area contributed by atoms with Gasteiger partial charge in [0.05, 0.1) is 34.1 Å². The van der Waals surface area contributed by atoms with Crippen LogP contribution in [0.25, 0.3) is 11.0 Å². The summed E-state index contributed by atoms with van der Waals surface area (Å²) in [6.07, 6.45) is 0. The predicted molar refractivity (Wildman–Crippen MR) is 131 cm³/mol. The maximum Gasteiger partial charge on any atom is 0.338 e. The molecule has 2 heterocycles. The van der Waals surface area contributed by atoms with Crippen molar-refractivity contribution in [3.8, 4) is 0 Å². The molecule has 1 amide bonds.